The number of rotatable bonds is 4. The van der Waals surface area contributed by atoms with Gasteiger partial charge in [-0.1, -0.05) is 18.2 Å². The highest BCUT2D eigenvalue weighted by molar-refractivity contribution is 5.95. The molecule has 2 amide bonds. The summed E-state index contributed by atoms with van der Waals surface area (Å²) >= 11 is 0. The SMILES string of the molecule is CC(C)NC(=O)NCc1cccc(C(=N)N)c1. The molecule has 1 aromatic rings. The molecule has 92 valence electrons. The Morgan fingerprint density at radius 1 is 1.47 bits per heavy atom. The quantitative estimate of drug-likeness (QED) is 0.465. The largest absolute Gasteiger partial charge is 0.384 e. The molecule has 0 aromatic heterocycles. The molecule has 0 saturated heterocycles. The number of carbonyl (C=O) groups is 1. The van der Waals surface area contributed by atoms with Crippen molar-refractivity contribution in [1.29, 1.82) is 5.41 Å². The lowest BCUT2D eigenvalue weighted by Gasteiger charge is -2.10. The van der Waals surface area contributed by atoms with E-state index in [-0.39, 0.29) is 17.9 Å². The second-order valence-corrected chi connectivity index (χ2v) is 4.10. The molecule has 0 spiro atoms. The van der Waals surface area contributed by atoms with Crippen molar-refractivity contribution in [3.8, 4) is 0 Å². The number of nitrogen functional groups attached to an aromatic ring is 1. The fourth-order valence-corrected chi connectivity index (χ4v) is 1.34. The lowest BCUT2D eigenvalue weighted by molar-refractivity contribution is 0.238. The molecule has 0 aliphatic heterocycles. The Labute approximate surface area is 101 Å². The summed E-state index contributed by atoms with van der Waals surface area (Å²) in [5.74, 6) is 0.0264. The molecular formula is C12H18N4O. The first-order valence-corrected chi connectivity index (χ1v) is 5.46. The van der Waals surface area contributed by atoms with Crippen molar-refractivity contribution in [2.45, 2.75) is 26.4 Å². The van der Waals surface area contributed by atoms with E-state index in [9.17, 15) is 4.79 Å². The second kappa shape index (κ2) is 5.89. The van der Waals surface area contributed by atoms with Gasteiger partial charge >= 0.3 is 6.03 Å². The minimum atomic E-state index is -0.201. The molecule has 1 aromatic carbocycles. The van der Waals surface area contributed by atoms with E-state index in [0.29, 0.717) is 12.1 Å². The first-order valence-electron chi connectivity index (χ1n) is 5.46. The van der Waals surface area contributed by atoms with Crippen LogP contribution < -0.4 is 16.4 Å². The third-order valence-corrected chi connectivity index (χ3v) is 2.11. The smallest absolute Gasteiger partial charge is 0.315 e. The van der Waals surface area contributed by atoms with E-state index in [1.54, 1.807) is 12.1 Å². The number of benzene rings is 1. The molecule has 0 heterocycles. The maximum atomic E-state index is 11.4. The number of hydrogen-bond donors (Lipinski definition) is 4. The van der Waals surface area contributed by atoms with Crippen molar-refractivity contribution in [1.82, 2.24) is 10.6 Å². The van der Waals surface area contributed by atoms with E-state index in [1.807, 2.05) is 26.0 Å². The van der Waals surface area contributed by atoms with Gasteiger partial charge in [0.25, 0.3) is 0 Å². The molecule has 0 bridgehead atoms. The average Bonchev–Trinajstić information content (AvgIpc) is 2.26. The molecular weight excluding hydrogens is 216 g/mol. The number of urea groups is 1. The fraction of sp³-hybridized carbons (Fsp3) is 0.333. The maximum Gasteiger partial charge on any atom is 0.315 e. The molecule has 0 atom stereocenters. The molecule has 5 N–H and O–H groups in total. The van der Waals surface area contributed by atoms with Gasteiger partial charge in [-0.3, -0.25) is 5.41 Å². The normalized spacial score (nSPS) is 10.1. The first-order chi connectivity index (χ1) is 7.99. The summed E-state index contributed by atoms with van der Waals surface area (Å²) in [6, 6.07) is 7.15. The predicted octanol–water partition coefficient (Wildman–Crippen LogP) is 1.18. The zero-order valence-electron chi connectivity index (χ0n) is 10.1. The van der Waals surface area contributed by atoms with Crippen LogP contribution in [0, 0.1) is 5.41 Å². The number of nitrogens with one attached hydrogen (secondary N) is 3. The molecule has 0 fully saturated rings. The molecule has 17 heavy (non-hydrogen) atoms. The van der Waals surface area contributed by atoms with Crippen LogP contribution in [0.2, 0.25) is 0 Å². The molecule has 0 aliphatic rings. The summed E-state index contributed by atoms with van der Waals surface area (Å²) in [5, 5.41) is 12.8. The van der Waals surface area contributed by atoms with Gasteiger partial charge in [0.05, 0.1) is 0 Å². The van der Waals surface area contributed by atoms with Gasteiger partial charge in [0, 0.05) is 18.2 Å². The van der Waals surface area contributed by atoms with Gasteiger partial charge in [-0.25, -0.2) is 4.79 Å². The van der Waals surface area contributed by atoms with Crippen LogP contribution in [0.5, 0.6) is 0 Å². The highest BCUT2D eigenvalue weighted by Gasteiger charge is 2.03. The summed E-state index contributed by atoms with van der Waals surface area (Å²) in [7, 11) is 0. The predicted molar refractivity (Wildman–Crippen MR) is 68.0 cm³/mol. The van der Waals surface area contributed by atoms with Crippen LogP contribution in [0.15, 0.2) is 24.3 Å². The minimum Gasteiger partial charge on any atom is -0.384 e. The van der Waals surface area contributed by atoms with Gasteiger partial charge in [-0.05, 0) is 25.5 Å². The Hall–Kier alpha value is -2.04. The lowest BCUT2D eigenvalue weighted by Crippen LogP contribution is -2.39. The van der Waals surface area contributed by atoms with Crippen molar-refractivity contribution in [2.75, 3.05) is 0 Å². The third-order valence-electron chi connectivity index (χ3n) is 2.11. The Balaban J connectivity index is 2.54. The monoisotopic (exact) mass is 234 g/mol. The van der Waals surface area contributed by atoms with Gasteiger partial charge in [0.15, 0.2) is 0 Å². The maximum absolute atomic E-state index is 11.4. The molecule has 1 rings (SSSR count). The molecule has 0 radical (unpaired) electrons. The topological polar surface area (TPSA) is 91.0 Å². The zero-order chi connectivity index (χ0) is 12.8. The number of hydrogen-bond acceptors (Lipinski definition) is 2. The summed E-state index contributed by atoms with van der Waals surface area (Å²) in [4.78, 5) is 11.4. The van der Waals surface area contributed by atoms with Crippen molar-refractivity contribution in [3.63, 3.8) is 0 Å². The summed E-state index contributed by atoms with van der Waals surface area (Å²) in [6.07, 6.45) is 0. The Kier molecular flexibility index (Phi) is 4.51. The van der Waals surface area contributed by atoms with E-state index in [4.69, 9.17) is 11.1 Å². The van der Waals surface area contributed by atoms with E-state index < -0.39 is 0 Å². The lowest BCUT2D eigenvalue weighted by atomic mass is 10.1. The van der Waals surface area contributed by atoms with E-state index in [1.165, 1.54) is 0 Å². The molecule has 0 unspecified atom stereocenters. The van der Waals surface area contributed by atoms with Crippen LogP contribution in [-0.2, 0) is 6.54 Å². The minimum absolute atomic E-state index is 0.0264. The van der Waals surface area contributed by atoms with Gasteiger partial charge in [-0.15, -0.1) is 0 Å². The van der Waals surface area contributed by atoms with Crippen molar-refractivity contribution in [2.24, 2.45) is 5.73 Å². The van der Waals surface area contributed by atoms with Gasteiger partial charge in [0.1, 0.15) is 5.84 Å². The van der Waals surface area contributed by atoms with Crippen LogP contribution in [0.3, 0.4) is 0 Å². The van der Waals surface area contributed by atoms with Crippen LogP contribution in [0.25, 0.3) is 0 Å². The first kappa shape index (κ1) is 13.0. The van der Waals surface area contributed by atoms with Gasteiger partial charge in [0.2, 0.25) is 0 Å². The van der Waals surface area contributed by atoms with Crippen LogP contribution in [0.4, 0.5) is 4.79 Å². The highest BCUT2D eigenvalue weighted by Crippen LogP contribution is 2.04. The van der Waals surface area contributed by atoms with Crippen molar-refractivity contribution in [3.05, 3.63) is 35.4 Å². The fourth-order valence-electron chi connectivity index (χ4n) is 1.34. The summed E-state index contributed by atoms with van der Waals surface area (Å²) in [5.41, 5.74) is 6.96. The third kappa shape index (κ3) is 4.55. The highest BCUT2D eigenvalue weighted by atomic mass is 16.2. The second-order valence-electron chi connectivity index (χ2n) is 4.10. The van der Waals surface area contributed by atoms with Crippen molar-refractivity contribution >= 4 is 11.9 Å². The summed E-state index contributed by atoms with van der Waals surface area (Å²) in [6.45, 7) is 4.21. The average molecular weight is 234 g/mol. The van der Waals surface area contributed by atoms with Gasteiger partial charge < -0.3 is 16.4 Å². The standard InChI is InChI=1S/C12H18N4O/c1-8(2)16-12(17)15-7-9-4-3-5-10(6-9)11(13)14/h3-6,8H,7H2,1-2H3,(H3,13,14)(H2,15,16,17). The van der Waals surface area contributed by atoms with Crippen molar-refractivity contribution < 1.29 is 4.79 Å². The molecule has 0 saturated carbocycles. The van der Waals surface area contributed by atoms with Crippen LogP contribution in [-0.4, -0.2) is 17.9 Å². The molecule has 5 heteroatoms. The number of carbonyl (C=O) groups excluding carboxylic acids is 1. The molecule has 5 nitrogen and oxygen atoms in total. The molecule has 0 aliphatic carbocycles. The van der Waals surface area contributed by atoms with E-state index in [2.05, 4.69) is 10.6 Å². The number of amides is 2. The van der Waals surface area contributed by atoms with E-state index >= 15 is 0 Å². The Morgan fingerprint density at radius 2 is 2.18 bits per heavy atom. The Bertz CT molecular complexity index is 415. The van der Waals surface area contributed by atoms with Gasteiger partial charge in [-0.2, -0.15) is 0 Å². The van der Waals surface area contributed by atoms with E-state index in [0.717, 1.165) is 5.56 Å². The number of amidine groups is 1. The van der Waals surface area contributed by atoms with Crippen LogP contribution in [0.1, 0.15) is 25.0 Å². The zero-order valence-corrected chi connectivity index (χ0v) is 10.1. The Morgan fingerprint density at radius 3 is 2.76 bits per heavy atom. The summed E-state index contributed by atoms with van der Waals surface area (Å²) < 4.78 is 0. The van der Waals surface area contributed by atoms with Crippen LogP contribution >= 0.6 is 0 Å². The number of nitrogens with two attached hydrogens (primary N) is 1.